The van der Waals surface area contributed by atoms with Gasteiger partial charge in [-0.1, -0.05) is 33.6 Å². The van der Waals surface area contributed by atoms with Gasteiger partial charge in [0.15, 0.2) is 0 Å². The van der Waals surface area contributed by atoms with Crippen LogP contribution in [0.2, 0.25) is 0 Å². The van der Waals surface area contributed by atoms with Gasteiger partial charge in [-0.05, 0) is 29.3 Å². The molecule has 0 saturated carbocycles. The van der Waals surface area contributed by atoms with Gasteiger partial charge in [0, 0.05) is 6.54 Å². The zero-order chi connectivity index (χ0) is 13.5. The normalized spacial score (nSPS) is 12.7. The molecule has 1 rings (SSSR count). The zero-order valence-corrected chi connectivity index (χ0v) is 12.2. The van der Waals surface area contributed by atoms with Gasteiger partial charge in [0.05, 0.1) is 11.0 Å². The molecule has 3 nitrogen and oxygen atoms in total. The van der Waals surface area contributed by atoms with Gasteiger partial charge < -0.3 is 10.4 Å². The number of aryl methyl sites for hydroxylation is 1. The van der Waals surface area contributed by atoms with E-state index in [0.717, 1.165) is 29.7 Å². The van der Waals surface area contributed by atoms with Crippen LogP contribution in [0, 0.1) is 5.92 Å². The average molecular weight is 269 g/mol. The second kappa shape index (κ2) is 7.54. The van der Waals surface area contributed by atoms with Crippen molar-refractivity contribution in [3.8, 4) is 0 Å². The van der Waals surface area contributed by atoms with Crippen LogP contribution in [0.1, 0.15) is 48.8 Å². The van der Waals surface area contributed by atoms with Gasteiger partial charge >= 0.3 is 0 Å². The van der Waals surface area contributed by atoms with Crippen molar-refractivity contribution in [1.82, 2.24) is 5.32 Å². The first-order valence-corrected chi connectivity index (χ1v) is 7.54. The van der Waals surface area contributed by atoms with Gasteiger partial charge in [0.1, 0.15) is 0 Å². The lowest BCUT2D eigenvalue weighted by molar-refractivity contribution is 0.0819. The maximum absolute atomic E-state index is 12.0. The predicted molar refractivity (Wildman–Crippen MR) is 76.1 cm³/mol. The van der Waals surface area contributed by atoms with Gasteiger partial charge in [0.2, 0.25) is 0 Å². The van der Waals surface area contributed by atoms with Crippen molar-refractivity contribution in [3.63, 3.8) is 0 Å². The van der Waals surface area contributed by atoms with E-state index in [1.165, 1.54) is 11.3 Å². The summed E-state index contributed by atoms with van der Waals surface area (Å²) in [5.41, 5.74) is 1.08. The highest BCUT2D eigenvalue weighted by Gasteiger charge is 2.18. The highest BCUT2D eigenvalue weighted by molar-refractivity contribution is 7.12. The summed E-state index contributed by atoms with van der Waals surface area (Å²) in [5.74, 6) is 0.200. The van der Waals surface area contributed by atoms with E-state index in [1.54, 1.807) is 0 Å². The third-order valence-electron chi connectivity index (χ3n) is 3.40. The molecule has 1 heterocycles. The molecule has 1 amide bonds. The molecular weight excluding hydrogens is 246 g/mol. The lowest BCUT2D eigenvalue weighted by atomic mass is 9.96. The van der Waals surface area contributed by atoms with Crippen LogP contribution in [-0.4, -0.2) is 23.7 Å². The van der Waals surface area contributed by atoms with Crippen molar-refractivity contribution < 1.29 is 9.90 Å². The van der Waals surface area contributed by atoms with Crippen LogP contribution < -0.4 is 5.32 Å². The van der Waals surface area contributed by atoms with E-state index < -0.39 is 6.10 Å². The number of rotatable bonds is 7. The Balaban J connectivity index is 2.51. The van der Waals surface area contributed by atoms with Crippen LogP contribution in [0.4, 0.5) is 0 Å². The topological polar surface area (TPSA) is 49.3 Å². The zero-order valence-electron chi connectivity index (χ0n) is 11.4. The molecule has 1 aromatic rings. The fraction of sp³-hybridized carbons (Fsp3) is 0.643. The van der Waals surface area contributed by atoms with Crippen molar-refractivity contribution in [2.24, 2.45) is 5.92 Å². The van der Waals surface area contributed by atoms with Crippen molar-refractivity contribution in [1.29, 1.82) is 0 Å². The molecule has 0 spiro atoms. The van der Waals surface area contributed by atoms with E-state index in [9.17, 15) is 9.90 Å². The average Bonchev–Trinajstić information content (AvgIpc) is 2.85. The van der Waals surface area contributed by atoms with Crippen molar-refractivity contribution in [2.75, 3.05) is 6.54 Å². The molecule has 102 valence electrons. The molecule has 18 heavy (non-hydrogen) atoms. The van der Waals surface area contributed by atoms with Gasteiger partial charge in [-0.3, -0.25) is 4.79 Å². The Bertz CT molecular complexity index is 372. The summed E-state index contributed by atoms with van der Waals surface area (Å²) in [6.07, 6.45) is 2.29. The van der Waals surface area contributed by atoms with E-state index in [0.29, 0.717) is 6.54 Å². The number of nitrogens with one attached hydrogen (secondary N) is 1. The smallest absolute Gasteiger partial charge is 0.261 e. The maximum atomic E-state index is 12.0. The fourth-order valence-corrected chi connectivity index (χ4v) is 3.00. The van der Waals surface area contributed by atoms with E-state index in [2.05, 4.69) is 19.2 Å². The second-order valence-corrected chi connectivity index (χ2v) is 5.40. The number of aliphatic hydroxyl groups is 1. The molecule has 1 atom stereocenters. The number of amides is 1. The Morgan fingerprint density at radius 3 is 2.61 bits per heavy atom. The Hall–Kier alpha value is -0.870. The minimum absolute atomic E-state index is 0.0631. The summed E-state index contributed by atoms with van der Waals surface area (Å²) >= 11 is 1.46. The number of carbonyl (C=O) groups is 1. The summed E-state index contributed by atoms with van der Waals surface area (Å²) in [4.78, 5) is 12.7. The van der Waals surface area contributed by atoms with E-state index >= 15 is 0 Å². The molecule has 1 aromatic heterocycles. The minimum Gasteiger partial charge on any atom is -0.391 e. The highest BCUT2D eigenvalue weighted by Crippen LogP contribution is 2.17. The van der Waals surface area contributed by atoms with Crippen LogP contribution in [0.3, 0.4) is 0 Å². The largest absolute Gasteiger partial charge is 0.391 e. The van der Waals surface area contributed by atoms with Crippen LogP contribution in [0.25, 0.3) is 0 Å². The maximum Gasteiger partial charge on any atom is 0.261 e. The Morgan fingerprint density at radius 1 is 1.39 bits per heavy atom. The van der Waals surface area contributed by atoms with E-state index in [-0.39, 0.29) is 11.8 Å². The predicted octanol–water partition coefficient (Wildman–Crippen LogP) is 2.84. The van der Waals surface area contributed by atoms with Crippen LogP contribution in [0.5, 0.6) is 0 Å². The Kier molecular flexibility index (Phi) is 6.36. The van der Waals surface area contributed by atoms with E-state index in [4.69, 9.17) is 0 Å². The van der Waals surface area contributed by atoms with Crippen LogP contribution in [0.15, 0.2) is 11.4 Å². The number of hydrogen-bond acceptors (Lipinski definition) is 3. The molecule has 0 aromatic carbocycles. The molecule has 4 heteroatoms. The van der Waals surface area contributed by atoms with E-state index in [1.807, 2.05) is 18.4 Å². The lowest BCUT2D eigenvalue weighted by Crippen LogP contribution is -2.36. The summed E-state index contributed by atoms with van der Waals surface area (Å²) in [6, 6.07) is 1.98. The van der Waals surface area contributed by atoms with Gasteiger partial charge in [-0.2, -0.15) is 0 Å². The molecule has 0 aliphatic heterocycles. The molecule has 2 N–H and O–H groups in total. The first-order chi connectivity index (χ1) is 8.63. The summed E-state index contributed by atoms with van der Waals surface area (Å²) in [7, 11) is 0. The monoisotopic (exact) mass is 269 g/mol. The fourth-order valence-electron chi connectivity index (χ4n) is 2.09. The Labute approximate surface area is 113 Å². The minimum atomic E-state index is -0.450. The summed E-state index contributed by atoms with van der Waals surface area (Å²) in [5, 5.41) is 14.7. The third-order valence-corrected chi connectivity index (χ3v) is 4.35. The molecule has 0 radical (unpaired) electrons. The van der Waals surface area contributed by atoms with Gasteiger partial charge in [-0.25, -0.2) is 0 Å². The van der Waals surface area contributed by atoms with Crippen LogP contribution >= 0.6 is 11.3 Å². The van der Waals surface area contributed by atoms with Crippen LogP contribution in [-0.2, 0) is 6.42 Å². The Morgan fingerprint density at radius 2 is 2.06 bits per heavy atom. The second-order valence-electron chi connectivity index (χ2n) is 4.48. The third kappa shape index (κ3) is 3.82. The lowest BCUT2D eigenvalue weighted by Gasteiger charge is -2.20. The van der Waals surface area contributed by atoms with Gasteiger partial charge in [-0.15, -0.1) is 11.3 Å². The molecule has 0 aliphatic rings. The summed E-state index contributed by atoms with van der Waals surface area (Å²) in [6.45, 7) is 6.51. The van der Waals surface area contributed by atoms with Crippen molar-refractivity contribution in [3.05, 3.63) is 21.9 Å². The molecule has 0 aliphatic carbocycles. The SMILES string of the molecule is CCc1ccsc1C(=O)NCC(O)C(CC)CC. The summed E-state index contributed by atoms with van der Waals surface area (Å²) < 4.78 is 0. The number of aliphatic hydroxyl groups excluding tert-OH is 1. The molecule has 0 saturated heterocycles. The number of thiophene rings is 1. The molecule has 0 fully saturated rings. The van der Waals surface area contributed by atoms with Crippen molar-refractivity contribution in [2.45, 2.75) is 46.1 Å². The molecular formula is C14H23NO2S. The molecule has 1 unspecified atom stereocenters. The first kappa shape index (κ1) is 15.2. The standard InChI is InChI=1S/C14H23NO2S/c1-4-10(5-2)12(16)9-15-14(17)13-11(6-3)7-8-18-13/h7-8,10,12,16H,4-6,9H2,1-3H3,(H,15,17). The molecule has 0 bridgehead atoms. The number of carbonyl (C=O) groups excluding carboxylic acids is 1. The number of hydrogen-bond donors (Lipinski definition) is 2. The van der Waals surface area contributed by atoms with Crippen molar-refractivity contribution >= 4 is 17.2 Å². The first-order valence-electron chi connectivity index (χ1n) is 6.66. The quantitative estimate of drug-likeness (QED) is 0.799. The van der Waals surface area contributed by atoms with Gasteiger partial charge in [0.25, 0.3) is 5.91 Å². The highest BCUT2D eigenvalue weighted by atomic mass is 32.1.